The second-order valence-corrected chi connectivity index (χ2v) is 4.59. The average Bonchev–Trinajstić information content (AvgIpc) is 2.89. The molecule has 0 saturated carbocycles. The van der Waals surface area contributed by atoms with Crippen molar-refractivity contribution in [1.82, 2.24) is 14.5 Å². The monoisotopic (exact) mass is 267 g/mol. The van der Waals surface area contributed by atoms with Crippen LogP contribution >= 0.6 is 0 Å². The van der Waals surface area contributed by atoms with Crippen LogP contribution in [0.1, 0.15) is 26.7 Å². The summed E-state index contributed by atoms with van der Waals surface area (Å²) >= 11 is 0. The molecule has 0 spiro atoms. The predicted octanol–water partition coefficient (Wildman–Crippen LogP) is 1.23. The van der Waals surface area contributed by atoms with Crippen molar-refractivity contribution in [1.29, 1.82) is 0 Å². The third-order valence-electron chi connectivity index (χ3n) is 2.97. The summed E-state index contributed by atoms with van der Waals surface area (Å²) in [6, 6.07) is 0. The molecule has 6 nitrogen and oxygen atoms in total. The summed E-state index contributed by atoms with van der Waals surface area (Å²) in [5, 5.41) is 8.91. The Morgan fingerprint density at radius 2 is 2.21 bits per heavy atom. The first kappa shape index (κ1) is 15.2. The van der Waals surface area contributed by atoms with Crippen LogP contribution in [-0.4, -0.2) is 44.5 Å². The number of aromatic nitrogens is 2. The SMILES string of the molecule is CCC(=O)N(CCCn1ccnc1)CC(C)C(=O)O. The molecule has 106 valence electrons. The number of aryl methyl sites for hydroxylation is 1. The van der Waals surface area contributed by atoms with E-state index in [9.17, 15) is 9.59 Å². The molecule has 0 aromatic carbocycles. The van der Waals surface area contributed by atoms with E-state index in [-0.39, 0.29) is 12.5 Å². The molecular weight excluding hydrogens is 246 g/mol. The zero-order chi connectivity index (χ0) is 14.3. The number of carbonyl (C=O) groups excluding carboxylic acids is 1. The maximum absolute atomic E-state index is 11.8. The molecule has 1 amide bonds. The van der Waals surface area contributed by atoms with Gasteiger partial charge in [-0.05, 0) is 6.42 Å². The number of carboxylic acids is 1. The fourth-order valence-corrected chi connectivity index (χ4v) is 1.81. The summed E-state index contributed by atoms with van der Waals surface area (Å²) < 4.78 is 1.94. The largest absolute Gasteiger partial charge is 0.481 e. The Kier molecular flexibility index (Phi) is 6.05. The molecule has 0 radical (unpaired) electrons. The Hall–Kier alpha value is -1.85. The molecular formula is C13H21N3O3. The lowest BCUT2D eigenvalue weighted by atomic mass is 10.1. The maximum Gasteiger partial charge on any atom is 0.308 e. The molecule has 1 atom stereocenters. The third kappa shape index (κ3) is 5.11. The molecule has 1 aromatic rings. The van der Waals surface area contributed by atoms with Crippen molar-refractivity contribution < 1.29 is 14.7 Å². The van der Waals surface area contributed by atoms with E-state index >= 15 is 0 Å². The first-order chi connectivity index (χ1) is 9.04. The number of carbonyl (C=O) groups is 2. The Balaban J connectivity index is 2.45. The van der Waals surface area contributed by atoms with Gasteiger partial charge in [0.2, 0.25) is 5.91 Å². The Morgan fingerprint density at radius 1 is 1.47 bits per heavy atom. The Morgan fingerprint density at radius 3 is 2.74 bits per heavy atom. The van der Waals surface area contributed by atoms with Crippen molar-refractivity contribution in [3.05, 3.63) is 18.7 Å². The van der Waals surface area contributed by atoms with Gasteiger partial charge in [0.1, 0.15) is 0 Å². The van der Waals surface area contributed by atoms with Crippen LogP contribution in [0.4, 0.5) is 0 Å². The first-order valence-corrected chi connectivity index (χ1v) is 6.51. The highest BCUT2D eigenvalue weighted by Crippen LogP contribution is 2.05. The number of hydrogen-bond donors (Lipinski definition) is 1. The summed E-state index contributed by atoms with van der Waals surface area (Å²) in [4.78, 5) is 28.2. The molecule has 1 N–H and O–H groups in total. The van der Waals surface area contributed by atoms with Gasteiger partial charge in [-0.2, -0.15) is 0 Å². The summed E-state index contributed by atoms with van der Waals surface area (Å²) in [6.07, 6.45) is 6.49. The minimum absolute atomic E-state index is 0.00117. The number of aliphatic carboxylic acids is 1. The minimum Gasteiger partial charge on any atom is -0.481 e. The van der Waals surface area contributed by atoms with Crippen molar-refractivity contribution in [2.24, 2.45) is 5.92 Å². The lowest BCUT2D eigenvalue weighted by Crippen LogP contribution is -2.37. The van der Waals surface area contributed by atoms with E-state index in [2.05, 4.69) is 4.98 Å². The topological polar surface area (TPSA) is 75.4 Å². The predicted molar refractivity (Wildman–Crippen MR) is 70.5 cm³/mol. The van der Waals surface area contributed by atoms with Crippen LogP contribution in [0.5, 0.6) is 0 Å². The van der Waals surface area contributed by atoms with Crippen LogP contribution in [0.15, 0.2) is 18.7 Å². The van der Waals surface area contributed by atoms with Crippen molar-refractivity contribution in [3.8, 4) is 0 Å². The molecule has 1 aromatic heterocycles. The third-order valence-corrected chi connectivity index (χ3v) is 2.97. The summed E-state index contributed by atoms with van der Waals surface area (Å²) in [7, 11) is 0. The first-order valence-electron chi connectivity index (χ1n) is 6.51. The van der Waals surface area contributed by atoms with E-state index in [1.165, 1.54) is 0 Å². The standard InChI is InChI=1S/C13H21N3O3/c1-3-12(17)16(9-11(2)13(18)19)7-4-6-15-8-5-14-10-15/h5,8,10-11H,3-4,6-7,9H2,1-2H3,(H,18,19). The molecule has 0 saturated heterocycles. The number of nitrogens with zero attached hydrogens (tertiary/aromatic N) is 3. The molecule has 0 aliphatic carbocycles. The van der Waals surface area contributed by atoms with Gasteiger partial charge in [0, 0.05) is 38.4 Å². The van der Waals surface area contributed by atoms with Gasteiger partial charge >= 0.3 is 5.97 Å². The molecule has 0 bridgehead atoms. The summed E-state index contributed by atoms with van der Waals surface area (Å²) in [5.74, 6) is -1.41. The van der Waals surface area contributed by atoms with Gasteiger partial charge in [0.15, 0.2) is 0 Å². The molecule has 0 fully saturated rings. The number of carboxylic acid groups (broad SMARTS) is 1. The quantitative estimate of drug-likeness (QED) is 0.768. The fraction of sp³-hybridized carbons (Fsp3) is 0.615. The van der Waals surface area contributed by atoms with Crippen LogP contribution in [0.2, 0.25) is 0 Å². The van der Waals surface area contributed by atoms with Crippen LogP contribution < -0.4 is 0 Å². The van der Waals surface area contributed by atoms with E-state index in [0.29, 0.717) is 13.0 Å². The van der Waals surface area contributed by atoms with E-state index in [1.54, 1.807) is 31.3 Å². The average molecular weight is 267 g/mol. The van der Waals surface area contributed by atoms with Gasteiger partial charge in [0.05, 0.1) is 12.2 Å². The van der Waals surface area contributed by atoms with Crippen molar-refractivity contribution >= 4 is 11.9 Å². The highest BCUT2D eigenvalue weighted by Gasteiger charge is 2.18. The van der Waals surface area contributed by atoms with Gasteiger partial charge in [-0.3, -0.25) is 9.59 Å². The smallest absolute Gasteiger partial charge is 0.308 e. The number of imidazole rings is 1. The van der Waals surface area contributed by atoms with Crippen LogP contribution in [-0.2, 0) is 16.1 Å². The van der Waals surface area contributed by atoms with Crippen molar-refractivity contribution in [2.75, 3.05) is 13.1 Å². The molecule has 6 heteroatoms. The highest BCUT2D eigenvalue weighted by atomic mass is 16.4. The van der Waals surface area contributed by atoms with Crippen molar-refractivity contribution in [3.63, 3.8) is 0 Å². The zero-order valence-corrected chi connectivity index (χ0v) is 11.5. The fourth-order valence-electron chi connectivity index (χ4n) is 1.81. The number of hydrogen-bond acceptors (Lipinski definition) is 3. The Labute approximate surface area is 113 Å². The van der Waals surface area contributed by atoms with Crippen LogP contribution in [0, 0.1) is 5.92 Å². The lowest BCUT2D eigenvalue weighted by molar-refractivity contribution is -0.143. The van der Waals surface area contributed by atoms with E-state index in [4.69, 9.17) is 5.11 Å². The normalized spacial score (nSPS) is 12.1. The minimum atomic E-state index is -0.872. The number of rotatable bonds is 8. The van der Waals surface area contributed by atoms with E-state index in [1.807, 2.05) is 10.8 Å². The molecule has 1 heterocycles. The van der Waals surface area contributed by atoms with Crippen LogP contribution in [0.3, 0.4) is 0 Å². The molecule has 0 aliphatic heterocycles. The summed E-state index contributed by atoms with van der Waals surface area (Å²) in [5.41, 5.74) is 0. The van der Waals surface area contributed by atoms with Gasteiger partial charge in [0.25, 0.3) is 0 Å². The van der Waals surface area contributed by atoms with E-state index in [0.717, 1.165) is 13.0 Å². The number of amides is 1. The molecule has 1 rings (SSSR count). The van der Waals surface area contributed by atoms with E-state index < -0.39 is 11.9 Å². The van der Waals surface area contributed by atoms with Crippen LogP contribution in [0.25, 0.3) is 0 Å². The second-order valence-electron chi connectivity index (χ2n) is 4.59. The van der Waals surface area contributed by atoms with Crippen molar-refractivity contribution in [2.45, 2.75) is 33.2 Å². The highest BCUT2D eigenvalue weighted by molar-refractivity contribution is 5.77. The van der Waals surface area contributed by atoms with Gasteiger partial charge in [-0.1, -0.05) is 13.8 Å². The second kappa shape index (κ2) is 7.56. The Bertz CT molecular complexity index is 403. The summed E-state index contributed by atoms with van der Waals surface area (Å²) in [6.45, 7) is 5.02. The van der Waals surface area contributed by atoms with Gasteiger partial charge in [-0.25, -0.2) is 4.98 Å². The molecule has 1 unspecified atom stereocenters. The maximum atomic E-state index is 11.8. The lowest BCUT2D eigenvalue weighted by Gasteiger charge is -2.24. The zero-order valence-electron chi connectivity index (χ0n) is 11.5. The van der Waals surface area contributed by atoms with Gasteiger partial charge < -0.3 is 14.6 Å². The van der Waals surface area contributed by atoms with Gasteiger partial charge in [-0.15, -0.1) is 0 Å². The molecule has 0 aliphatic rings. The molecule has 19 heavy (non-hydrogen) atoms.